The van der Waals surface area contributed by atoms with Gasteiger partial charge in [-0.15, -0.1) is 0 Å². The Kier molecular flexibility index (Phi) is 7.54. The van der Waals surface area contributed by atoms with Crippen LogP contribution in [-0.2, 0) is 5.41 Å². The van der Waals surface area contributed by atoms with Crippen LogP contribution in [0.15, 0.2) is 152 Å². The van der Waals surface area contributed by atoms with Crippen molar-refractivity contribution in [1.29, 1.82) is 0 Å². The molecule has 1 heterocycles. The lowest BCUT2D eigenvalue weighted by molar-refractivity contribution is 0.661. The molecule has 0 saturated heterocycles. The summed E-state index contributed by atoms with van der Waals surface area (Å²) in [5.74, 6) is 0.728. The third kappa shape index (κ3) is 5.75. The number of benzene rings is 6. The van der Waals surface area contributed by atoms with E-state index in [1.54, 1.807) is 0 Å². The SMILES string of the molecule is CC1(C)c2cc(-c3ccc([Si](C)(C)C)cc3)ccc2-c2ccc(-c3cccc(-c4cc(-c5ccccc5)nc(-c5ccccc5)n4)c3)cc21. The van der Waals surface area contributed by atoms with Crippen LogP contribution in [0.3, 0.4) is 0 Å². The first-order chi connectivity index (χ1) is 23.6. The highest BCUT2D eigenvalue weighted by Crippen LogP contribution is 2.50. The van der Waals surface area contributed by atoms with E-state index in [4.69, 9.17) is 9.97 Å². The second-order valence-corrected chi connectivity index (χ2v) is 19.8. The summed E-state index contributed by atoms with van der Waals surface area (Å²) in [4.78, 5) is 10.1. The molecule has 6 aromatic carbocycles. The first-order valence-electron chi connectivity index (χ1n) is 17.2. The Bertz CT molecular complexity index is 2260. The van der Waals surface area contributed by atoms with E-state index in [1.807, 2.05) is 24.3 Å². The van der Waals surface area contributed by atoms with Crippen molar-refractivity contribution in [2.45, 2.75) is 38.9 Å². The Morgan fingerprint density at radius 1 is 0.408 bits per heavy atom. The van der Waals surface area contributed by atoms with Crippen molar-refractivity contribution in [2.75, 3.05) is 0 Å². The molecule has 0 unspecified atom stereocenters. The number of hydrogen-bond acceptors (Lipinski definition) is 2. The fourth-order valence-corrected chi connectivity index (χ4v) is 8.35. The maximum absolute atomic E-state index is 5.08. The molecule has 0 fully saturated rings. The van der Waals surface area contributed by atoms with Crippen molar-refractivity contribution in [3.05, 3.63) is 163 Å². The largest absolute Gasteiger partial charge is 0.228 e. The summed E-state index contributed by atoms with van der Waals surface area (Å²) in [7, 11) is -1.34. The molecule has 0 saturated carbocycles. The van der Waals surface area contributed by atoms with E-state index < -0.39 is 8.07 Å². The Labute approximate surface area is 291 Å². The summed E-state index contributed by atoms with van der Waals surface area (Å²) >= 11 is 0. The molecule has 0 bridgehead atoms. The number of aromatic nitrogens is 2. The minimum Gasteiger partial charge on any atom is -0.228 e. The van der Waals surface area contributed by atoms with Crippen LogP contribution >= 0.6 is 0 Å². The summed E-state index contributed by atoms with van der Waals surface area (Å²) < 4.78 is 0. The maximum atomic E-state index is 5.08. The third-order valence-electron chi connectivity index (χ3n) is 10.1. The highest BCUT2D eigenvalue weighted by Gasteiger charge is 2.36. The van der Waals surface area contributed by atoms with Gasteiger partial charge in [-0.1, -0.05) is 166 Å². The topological polar surface area (TPSA) is 25.8 Å². The van der Waals surface area contributed by atoms with E-state index in [2.05, 4.69) is 161 Å². The molecule has 0 N–H and O–H groups in total. The smallest absolute Gasteiger partial charge is 0.160 e. The van der Waals surface area contributed by atoms with Gasteiger partial charge in [-0.05, 0) is 68.8 Å². The molecule has 2 nitrogen and oxygen atoms in total. The summed E-state index contributed by atoms with van der Waals surface area (Å²) in [6, 6.07) is 54.8. The zero-order chi connectivity index (χ0) is 33.8. The lowest BCUT2D eigenvalue weighted by Crippen LogP contribution is -2.37. The quantitative estimate of drug-likeness (QED) is 0.168. The predicted octanol–water partition coefficient (Wildman–Crippen LogP) is 11.7. The van der Waals surface area contributed by atoms with Crippen LogP contribution in [-0.4, -0.2) is 18.0 Å². The Hall–Kier alpha value is -5.38. The van der Waals surface area contributed by atoms with Gasteiger partial charge >= 0.3 is 0 Å². The summed E-state index contributed by atoms with van der Waals surface area (Å²) in [6.07, 6.45) is 0. The molecular weight excluding hydrogens is 609 g/mol. The second-order valence-electron chi connectivity index (χ2n) is 14.7. The van der Waals surface area contributed by atoms with Crippen molar-refractivity contribution in [2.24, 2.45) is 0 Å². The maximum Gasteiger partial charge on any atom is 0.160 e. The number of hydrogen-bond donors (Lipinski definition) is 0. The highest BCUT2D eigenvalue weighted by atomic mass is 28.3. The van der Waals surface area contributed by atoms with Gasteiger partial charge in [0.25, 0.3) is 0 Å². The van der Waals surface area contributed by atoms with Crippen LogP contribution in [0, 0.1) is 0 Å². The van der Waals surface area contributed by atoms with Gasteiger partial charge in [0.05, 0.1) is 19.5 Å². The first kappa shape index (κ1) is 30.9. The Morgan fingerprint density at radius 2 is 0.878 bits per heavy atom. The summed E-state index contributed by atoms with van der Waals surface area (Å²) in [6.45, 7) is 11.9. The van der Waals surface area contributed by atoms with E-state index in [0.29, 0.717) is 0 Å². The molecule has 0 atom stereocenters. The standard InChI is InChI=1S/C46H40N2Si/c1-46(2)41-28-35(31-19-23-38(24-20-31)49(3,4)5)21-25-39(41)40-26-22-36(29-42(40)46)34-17-12-18-37(27-34)44-30-43(32-13-8-6-9-14-32)47-45(48-44)33-15-10-7-11-16-33/h6-30H,1-5H3. The highest BCUT2D eigenvalue weighted by molar-refractivity contribution is 6.88. The van der Waals surface area contributed by atoms with Crippen molar-refractivity contribution in [3.63, 3.8) is 0 Å². The molecule has 1 aromatic heterocycles. The molecule has 49 heavy (non-hydrogen) atoms. The normalized spacial score (nSPS) is 13.2. The molecular formula is C46H40N2Si. The van der Waals surface area contributed by atoms with Gasteiger partial charge < -0.3 is 0 Å². The van der Waals surface area contributed by atoms with E-state index in [9.17, 15) is 0 Å². The van der Waals surface area contributed by atoms with Crippen LogP contribution in [0.5, 0.6) is 0 Å². The van der Waals surface area contributed by atoms with E-state index in [1.165, 1.54) is 49.7 Å². The van der Waals surface area contributed by atoms with Crippen molar-refractivity contribution in [3.8, 4) is 67.3 Å². The van der Waals surface area contributed by atoms with Crippen LogP contribution in [0.4, 0.5) is 0 Å². The first-order valence-corrected chi connectivity index (χ1v) is 20.7. The number of fused-ring (bicyclic) bond motifs is 3. The van der Waals surface area contributed by atoms with Gasteiger partial charge in [0.2, 0.25) is 0 Å². The lowest BCUT2D eigenvalue weighted by atomic mass is 9.81. The molecule has 0 radical (unpaired) electrons. The van der Waals surface area contributed by atoms with Gasteiger partial charge in [-0.3, -0.25) is 0 Å². The molecule has 1 aliphatic carbocycles. The zero-order valence-corrected chi connectivity index (χ0v) is 29.8. The average Bonchev–Trinajstić information content (AvgIpc) is 3.37. The van der Waals surface area contributed by atoms with Crippen molar-refractivity contribution >= 4 is 13.3 Å². The molecule has 3 heteroatoms. The summed E-state index contributed by atoms with van der Waals surface area (Å²) in [5.41, 5.74) is 15.2. The van der Waals surface area contributed by atoms with E-state index >= 15 is 0 Å². The van der Waals surface area contributed by atoms with Gasteiger partial charge in [-0.25, -0.2) is 9.97 Å². The predicted molar refractivity (Wildman–Crippen MR) is 210 cm³/mol. The Balaban J connectivity index is 1.16. The second kappa shape index (κ2) is 11.9. The molecule has 0 spiro atoms. The number of nitrogens with zero attached hydrogens (tertiary/aromatic N) is 2. The molecule has 0 aliphatic heterocycles. The number of rotatable bonds is 6. The van der Waals surface area contributed by atoms with Gasteiger partial charge in [0.15, 0.2) is 5.82 Å². The van der Waals surface area contributed by atoms with Crippen LogP contribution in [0.25, 0.3) is 67.3 Å². The van der Waals surface area contributed by atoms with E-state index in [0.717, 1.165) is 33.9 Å². The lowest BCUT2D eigenvalue weighted by Gasteiger charge is -2.23. The van der Waals surface area contributed by atoms with Crippen LogP contribution in [0.2, 0.25) is 19.6 Å². The molecule has 0 amide bonds. The molecule has 238 valence electrons. The van der Waals surface area contributed by atoms with E-state index in [-0.39, 0.29) is 5.41 Å². The van der Waals surface area contributed by atoms with Crippen LogP contribution < -0.4 is 5.19 Å². The minimum absolute atomic E-state index is 0.117. The molecule has 1 aliphatic rings. The summed E-state index contributed by atoms with van der Waals surface area (Å²) in [5, 5.41) is 1.50. The van der Waals surface area contributed by atoms with Gasteiger partial charge in [-0.2, -0.15) is 0 Å². The average molecular weight is 649 g/mol. The fraction of sp³-hybridized carbons (Fsp3) is 0.130. The minimum atomic E-state index is -1.34. The van der Waals surface area contributed by atoms with Crippen LogP contribution in [0.1, 0.15) is 25.0 Å². The van der Waals surface area contributed by atoms with Gasteiger partial charge in [0.1, 0.15) is 0 Å². The monoisotopic (exact) mass is 648 g/mol. The van der Waals surface area contributed by atoms with Crippen molar-refractivity contribution < 1.29 is 0 Å². The zero-order valence-electron chi connectivity index (χ0n) is 28.8. The fourth-order valence-electron chi connectivity index (χ4n) is 7.19. The third-order valence-corrected chi connectivity index (χ3v) is 12.1. The van der Waals surface area contributed by atoms with Crippen molar-refractivity contribution in [1.82, 2.24) is 9.97 Å². The Morgan fingerprint density at radius 3 is 1.47 bits per heavy atom. The molecule has 8 rings (SSSR count). The molecule has 7 aromatic rings. The van der Waals surface area contributed by atoms with Gasteiger partial charge in [0, 0.05) is 22.1 Å².